The van der Waals surface area contributed by atoms with E-state index in [0.717, 1.165) is 5.56 Å². The van der Waals surface area contributed by atoms with Crippen LogP contribution >= 0.6 is 0 Å². The Kier molecular flexibility index (Phi) is 7.55. The molecule has 130 valence electrons. The number of allylic oxidation sites excluding steroid dienone is 2. The molecule has 1 aromatic rings. The molecule has 0 heterocycles. The van der Waals surface area contributed by atoms with Crippen LogP contribution in [0.1, 0.15) is 29.3 Å². The van der Waals surface area contributed by atoms with E-state index in [2.05, 4.69) is 11.9 Å². The van der Waals surface area contributed by atoms with Crippen LogP contribution in [0.4, 0.5) is 0 Å². The smallest absolute Gasteiger partial charge is 0.326 e. The normalized spacial score (nSPS) is 11.8. The average Bonchev–Trinajstić information content (AvgIpc) is 2.57. The van der Waals surface area contributed by atoms with E-state index < -0.39 is 17.9 Å². The van der Waals surface area contributed by atoms with Gasteiger partial charge in [-0.15, -0.1) is 6.58 Å². The van der Waals surface area contributed by atoms with Gasteiger partial charge in [0, 0.05) is 11.1 Å². The van der Waals surface area contributed by atoms with Crippen LogP contribution in [-0.4, -0.2) is 37.2 Å². The summed E-state index contributed by atoms with van der Waals surface area (Å²) in [6.07, 6.45) is 5.81. The van der Waals surface area contributed by atoms with Crippen molar-refractivity contribution in [1.82, 2.24) is 5.32 Å². The molecule has 1 amide bonds. The Bertz CT molecular complexity index is 637. The highest BCUT2D eigenvalue weighted by Gasteiger charge is 2.21. The summed E-state index contributed by atoms with van der Waals surface area (Å²) in [5.74, 6) is -0.647. The number of carboxylic acids is 1. The molecule has 1 aromatic carbocycles. The van der Waals surface area contributed by atoms with Crippen molar-refractivity contribution < 1.29 is 24.2 Å². The van der Waals surface area contributed by atoms with Gasteiger partial charge in [0.15, 0.2) is 11.5 Å². The summed E-state index contributed by atoms with van der Waals surface area (Å²) >= 11 is 0. The quantitative estimate of drug-likeness (QED) is 0.679. The molecule has 0 saturated carbocycles. The van der Waals surface area contributed by atoms with Gasteiger partial charge in [-0.1, -0.05) is 18.2 Å². The summed E-state index contributed by atoms with van der Waals surface area (Å²) < 4.78 is 10.6. The molecule has 0 aliphatic rings. The zero-order valence-corrected chi connectivity index (χ0v) is 14.2. The Morgan fingerprint density at radius 1 is 1.33 bits per heavy atom. The molecule has 0 aliphatic carbocycles. The maximum atomic E-state index is 12.4. The number of hydrogen-bond donors (Lipinski definition) is 2. The number of carboxylic acid groups (broad SMARTS) is 1. The van der Waals surface area contributed by atoms with Gasteiger partial charge in [0.1, 0.15) is 6.04 Å². The highest BCUT2D eigenvalue weighted by molar-refractivity contribution is 5.97. The van der Waals surface area contributed by atoms with E-state index in [0.29, 0.717) is 23.5 Å². The molecule has 1 atom stereocenters. The first kappa shape index (κ1) is 19.3. The first-order valence-electron chi connectivity index (χ1n) is 7.49. The molecule has 1 unspecified atom stereocenters. The van der Waals surface area contributed by atoms with Crippen molar-refractivity contribution in [3.05, 3.63) is 48.1 Å². The average molecular weight is 333 g/mol. The molecule has 2 N–H and O–H groups in total. The standard InChI is InChI=1S/C18H23NO5/c1-5-7-9-14(18(21)22)19-17(20)13-10-12(8-6-2)16(24-4)15(11-13)23-3/h5-7,10-11,14H,2,8-9H2,1,3-4H3,(H,19,20)(H,21,22)/b7-5+. The SMILES string of the molecule is C=CCc1cc(C(=O)NC(C/C=C/C)C(=O)O)cc(OC)c1OC. The van der Waals surface area contributed by atoms with Gasteiger partial charge in [-0.2, -0.15) is 0 Å². The van der Waals surface area contributed by atoms with Crippen LogP contribution in [0.15, 0.2) is 36.9 Å². The van der Waals surface area contributed by atoms with Crippen molar-refractivity contribution >= 4 is 11.9 Å². The largest absolute Gasteiger partial charge is 0.493 e. The Labute approximate surface area is 141 Å². The highest BCUT2D eigenvalue weighted by Crippen LogP contribution is 2.33. The molecule has 0 radical (unpaired) electrons. The second-order valence-corrected chi connectivity index (χ2v) is 5.03. The second-order valence-electron chi connectivity index (χ2n) is 5.03. The summed E-state index contributed by atoms with van der Waals surface area (Å²) in [5, 5.41) is 11.7. The van der Waals surface area contributed by atoms with E-state index in [1.54, 1.807) is 31.2 Å². The number of nitrogens with one attached hydrogen (secondary N) is 1. The van der Waals surface area contributed by atoms with E-state index in [1.165, 1.54) is 20.3 Å². The van der Waals surface area contributed by atoms with Crippen LogP contribution in [0.3, 0.4) is 0 Å². The fourth-order valence-corrected chi connectivity index (χ4v) is 2.22. The number of rotatable bonds is 9. The van der Waals surface area contributed by atoms with Gasteiger partial charge in [-0.3, -0.25) is 4.79 Å². The molecule has 0 saturated heterocycles. The molecular weight excluding hydrogens is 310 g/mol. The molecule has 0 bridgehead atoms. The zero-order valence-electron chi connectivity index (χ0n) is 14.2. The number of aliphatic carboxylic acids is 1. The minimum atomic E-state index is -1.09. The zero-order chi connectivity index (χ0) is 18.1. The molecule has 0 spiro atoms. The van der Waals surface area contributed by atoms with Crippen molar-refractivity contribution in [2.24, 2.45) is 0 Å². The van der Waals surface area contributed by atoms with Gasteiger partial charge < -0.3 is 19.9 Å². The predicted octanol–water partition coefficient (Wildman–Crippen LogP) is 2.58. The van der Waals surface area contributed by atoms with E-state index in [-0.39, 0.29) is 6.42 Å². The van der Waals surface area contributed by atoms with Crippen molar-refractivity contribution in [3.8, 4) is 11.5 Å². The number of methoxy groups -OCH3 is 2. The van der Waals surface area contributed by atoms with Crippen molar-refractivity contribution in [1.29, 1.82) is 0 Å². The molecule has 24 heavy (non-hydrogen) atoms. The van der Waals surface area contributed by atoms with E-state index in [1.807, 2.05) is 0 Å². The van der Waals surface area contributed by atoms with Gasteiger partial charge >= 0.3 is 5.97 Å². The molecule has 0 fully saturated rings. The number of benzene rings is 1. The van der Waals surface area contributed by atoms with Gasteiger partial charge in [-0.05, 0) is 31.9 Å². The fourth-order valence-electron chi connectivity index (χ4n) is 2.22. The van der Waals surface area contributed by atoms with Crippen LogP contribution in [0, 0.1) is 0 Å². The lowest BCUT2D eigenvalue weighted by Crippen LogP contribution is -2.40. The highest BCUT2D eigenvalue weighted by atomic mass is 16.5. The number of hydrogen-bond acceptors (Lipinski definition) is 4. The Balaban J connectivity index is 3.15. The number of carbonyl (C=O) groups is 2. The summed E-state index contributed by atoms with van der Waals surface area (Å²) in [6, 6.07) is 2.17. The van der Waals surface area contributed by atoms with Crippen LogP contribution in [0.2, 0.25) is 0 Å². The topological polar surface area (TPSA) is 84.9 Å². The van der Waals surface area contributed by atoms with Crippen LogP contribution < -0.4 is 14.8 Å². The first-order valence-corrected chi connectivity index (χ1v) is 7.49. The molecule has 6 nitrogen and oxygen atoms in total. The van der Waals surface area contributed by atoms with Gasteiger partial charge in [0.2, 0.25) is 0 Å². The summed E-state index contributed by atoms with van der Waals surface area (Å²) in [6.45, 7) is 5.47. The molecule has 6 heteroatoms. The Hall–Kier alpha value is -2.76. The molecule has 0 aliphatic heterocycles. The fraction of sp³-hybridized carbons (Fsp3) is 0.333. The lowest BCUT2D eigenvalue weighted by Gasteiger charge is -2.16. The monoisotopic (exact) mass is 333 g/mol. The summed E-state index contributed by atoms with van der Waals surface area (Å²) in [4.78, 5) is 23.7. The Morgan fingerprint density at radius 2 is 2.04 bits per heavy atom. The molecule has 0 aromatic heterocycles. The maximum Gasteiger partial charge on any atom is 0.326 e. The minimum Gasteiger partial charge on any atom is -0.493 e. The second kappa shape index (κ2) is 9.39. The lowest BCUT2D eigenvalue weighted by molar-refractivity contribution is -0.139. The third-order valence-electron chi connectivity index (χ3n) is 3.39. The third kappa shape index (κ3) is 4.87. The lowest BCUT2D eigenvalue weighted by atomic mass is 10.0. The van der Waals surface area contributed by atoms with Crippen molar-refractivity contribution in [3.63, 3.8) is 0 Å². The minimum absolute atomic E-state index is 0.213. The predicted molar refractivity (Wildman–Crippen MR) is 91.8 cm³/mol. The van der Waals surface area contributed by atoms with Gasteiger partial charge in [0.25, 0.3) is 5.91 Å². The van der Waals surface area contributed by atoms with E-state index in [4.69, 9.17) is 9.47 Å². The van der Waals surface area contributed by atoms with Crippen molar-refractivity contribution in [2.45, 2.75) is 25.8 Å². The molecule has 1 rings (SSSR count). The summed E-state index contributed by atoms with van der Waals surface area (Å²) in [7, 11) is 2.99. The van der Waals surface area contributed by atoms with Crippen molar-refractivity contribution in [2.75, 3.05) is 14.2 Å². The van der Waals surface area contributed by atoms with Crippen LogP contribution in [-0.2, 0) is 11.2 Å². The van der Waals surface area contributed by atoms with Gasteiger partial charge in [-0.25, -0.2) is 4.79 Å². The number of carbonyl (C=O) groups excluding carboxylic acids is 1. The Morgan fingerprint density at radius 3 is 2.54 bits per heavy atom. The van der Waals surface area contributed by atoms with Crippen LogP contribution in [0.25, 0.3) is 0 Å². The number of amides is 1. The first-order chi connectivity index (χ1) is 11.5. The number of ether oxygens (including phenoxy) is 2. The molecular formula is C18H23NO5. The summed E-state index contributed by atoms with van der Waals surface area (Å²) in [5.41, 5.74) is 1.04. The van der Waals surface area contributed by atoms with Crippen LogP contribution in [0.5, 0.6) is 11.5 Å². The maximum absolute atomic E-state index is 12.4. The third-order valence-corrected chi connectivity index (χ3v) is 3.39. The van der Waals surface area contributed by atoms with E-state index >= 15 is 0 Å². The van der Waals surface area contributed by atoms with Gasteiger partial charge in [0.05, 0.1) is 14.2 Å². The van der Waals surface area contributed by atoms with E-state index in [9.17, 15) is 14.7 Å².